The molecule has 1 aromatic heterocycles. The van der Waals surface area contributed by atoms with Gasteiger partial charge in [0.1, 0.15) is 18.2 Å². The van der Waals surface area contributed by atoms with Crippen molar-refractivity contribution in [1.29, 1.82) is 0 Å². The molecule has 0 radical (unpaired) electrons. The molecule has 0 saturated carbocycles. The molecule has 0 amide bonds. The van der Waals surface area contributed by atoms with E-state index in [0.29, 0.717) is 49.5 Å². The lowest BCUT2D eigenvalue weighted by Gasteiger charge is -2.43. The number of aromatic nitrogens is 1. The zero-order chi connectivity index (χ0) is 26.5. The van der Waals surface area contributed by atoms with Gasteiger partial charge in [0.25, 0.3) is 0 Å². The zero-order valence-electron chi connectivity index (χ0n) is 21.8. The molecule has 2 unspecified atom stereocenters. The van der Waals surface area contributed by atoms with E-state index in [9.17, 15) is 14.3 Å². The molecular formula is C29H37F2N3O3. The Hall–Kier alpha value is -2.97. The van der Waals surface area contributed by atoms with E-state index in [4.69, 9.17) is 4.74 Å². The maximum atomic E-state index is 15.7. The number of para-hydroxylation sites is 1. The molecule has 3 N–H and O–H groups in total. The summed E-state index contributed by atoms with van der Waals surface area (Å²) in [5, 5.41) is 14.0. The standard InChI is InChI=1S/C29H37F2N3O3/c1-4-20-16-22-21-8-5-6-9-24(21)33-27(22)28(34(20)17-18(2)29(35)36)26-19(3)25(11-10-23(26)31)37-15-14-32-13-7-12-30/h5-6,8-11,18,20,28,32-33H,4,7,12-17H2,1-3H3,(H,35,36)/t18?,20-,28?/m1/s1. The first-order valence-corrected chi connectivity index (χ1v) is 13.1. The lowest BCUT2D eigenvalue weighted by Crippen LogP contribution is -2.47. The molecule has 4 rings (SSSR count). The van der Waals surface area contributed by atoms with E-state index in [1.54, 1.807) is 13.0 Å². The number of carbonyl (C=O) groups is 1. The predicted octanol–water partition coefficient (Wildman–Crippen LogP) is 5.39. The molecule has 3 atom stereocenters. The number of hydrogen-bond acceptors (Lipinski definition) is 4. The Labute approximate surface area is 217 Å². The number of nitrogens with zero attached hydrogens (tertiary/aromatic N) is 1. The van der Waals surface area contributed by atoms with Gasteiger partial charge < -0.3 is 20.1 Å². The number of hydrogen-bond donors (Lipinski definition) is 3. The van der Waals surface area contributed by atoms with Crippen molar-refractivity contribution in [3.8, 4) is 5.75 Å². The van der Waals surface area contributed by atoms with Crippen LogP contribution >= 0.6 is 0 Å². The van der Waals surface area contributed by atoms with Gasteiger partial charge in [-0.2, -0.15) is 0 Å². The number of benzene rings is 2. The normalized spacial score (nSPS) is 18.6. The van der Waals surface area contributed by atoms with E-state index >= 15 is 4.39 Å². The van der Waals surface area contributed by atoms with E-state index in [2.05, 4.69) is 28.2 Å². The van der Waals surface area contributed by atoms with Gasteiger partial charge in [0.15, 0.2) is 0 Å². The van der Waals surface area contributed by atoms with Gasteiger partial charge in [-0.3, -0.25) is 14.1 Å². The fraction of sp³-hybridized carbons (Fsp3) is 0.483. The third kappa shape index (κ3) is 5.65. The van der Waals surface area contributed by atoms with Crippen LogP contribution in [0.25, 0.3) is 10.9 Å². The van der Waals surface area contributed by atoms with Gasteiger partial charge in [0.2, 0.25) is 0 Å². The van der Waals surface area contributed by atoms with Crippen molar-refractivity contribution >= 4 is 16.9 Å². The Balaban J connectivity index is 1.77. The Kier molecular flexibility index (Phi) is 8.82. The van der Waals surface area contributed by atoms with Gasteiger partial charge in [-0.15, -0.1) is 0 Å². The molecule has 37 heavy (non-hydrogen) atoms. The molecule has 2 heterocycles. The average molecular weight is 514 g/mol. The number of H-pyrrole nitrogens is 1. The first-order valence-electron chi connectivity index (χ1n) is 13.1. The number of halogens is 2. The highest BCUT2D eigenvalue weighted by Crippen LogP contribution is 2.44. The summed E-state index contributed by atoms with van der Waals surface area (Å²) in [7, 11) is 0. The minimum atomic E-state index is -0.870. The first kappa shape index (κ1) is 27.1. The number of nitrogens with one attached hydrogen (secondary N) is 2. The number of alkyl halides is 1. The minimum Gasteiger partial charge on any atom is -0.492 e. The van der Waals surface area contributed by atoms with Crippen molar-refractivity contribution in [3.05, 3.63) is 64.6 Å². The summed E-state index contributed by atoms with van der Waals surface area (Å²) in [6.07, 6.45) is 2.03. The van der Waals surface area contributed by atoms with Crippen molar-refractivity contribution in [3.63, 3.8) is 0 Å². The van der Waals surface area contributed by atoms with E-state index in [1.807, 2.05) is 25.1 Å². The van der Waals surface area contributed by atoms with Crippen LogP contribution in [-0.4, -0.2) is 59.9 Å². The molecule has 0 aliphatic carbocycles. The second-order valence-electron chi connectivity index (χ2n) is 9.89. The van der Waals surface area contributed by atoms with Crippen LogP contribution in [0.5, 0.6) is 5.75 Å². The summed E-state index contributed by atoms with van der Waals surface area (Å²) >= 11 is 0. The molecule has 8 heteroatoms. The molecule has 0 spiro atoms. The predicted molar refractivity (Wildman–Crippen MR) is 142 cm³/mol. The fourth-order valence-corrected chi connectivity index (χ4v) is 5.46. The largest absolute Gasteiger partial charge is 0.492 e. The third-order valence-electron chi connectivity index (χ3n) is 7.45. The number of carboxylic acids is 1. The summed E-state index contributed by atoms with van der Waals surface area (Å²) in [5.41, 5.74) is 4.27. The Morgan fingerprint density at radius 2 is 2.05 bits per heavy atom. The van der Waals surface area contributed by atoms with Gasteiger partial charge >= 0.3 is 5.97 Å². The van der Waals surface area contributed by atoms with Crippen LogP contribution < -0.4 is 10.1 Å². The van der Waals surface area contributed by atoms with E-state index in [1.165, 1.54) is 6.07 Å². The van der Waals surface area contributed by atoms with E-state index in [-0.39, 0.29) is 18.5 Å². The maximum Gasteiger partial charge on any atom is 0.307 e. The summed E-state index contributed by atoms with van der Waals surface area (Å²) in [5.74, 6) is -1.23. The van der Waals surface area contributed by atoms with Crippen LogP contribution in [0.4, 0.5) is 8.78 Å². The molecule has 3 aromatic rings. The van der Waals surface area contributed by atoms with E-state index < -0.39 is 17.9 Å². The van der Waals surface area contributed by atoms with Crippen molar-refractivity contribution in [1.82, 2.24) is 15.2 Å². The summed E-state index contributed by atoms with van der Waals surface area (Å²) in [6, 6.07) is 10.8. The summed E-state index contributed by atoms with van der Waals surface area (Å²) in [6.45, 7) is 7.11. The topological polar surface area (TPSA) is 77.6 Å². The number of ether oxygens (including phenoxy) is 1. The lowest BCUT2D eigenvalue weighted by atomic mass is 9.84. The van der Waals surface area contributed by atoms with Crippen LogP contribution in [0.2, 0.25) is 0 Å². The molecule has 1 aliphatic heterocycles. The van der Waals surface area contributed by atoms with Crippen molar-refractivity contribution in [2.45, 2.75) is 52.1 Å². The molecule has 0 saturated heterocycles. The van der Waals surface area contributed by atoms with Crippen LogP contribution in [0.15, 0.2) is 36.4 Å². The first-order chi connectivity index (χ1) is 17.9. The molecule has 0 bridgehead atoms. The van der Waals surface area contributed by atoms with Gasteiger partial charge in [0.05, 0.1) is 18.6 Å². The summed E-state index contributed by atoms with van der Waals surface area (Å²) in [4.78, 5) is 17.6. The molecule has 1 aliphatic rings. The second kappa shape index (κ2) is 12.0. The Morgan fingerprint density at radius 3 is 2.78 bits per heavy atom. The minimum absolute atomic E-state index is 0.0570. The zero-order valence-corrected chi connectivity index (χ0v) is 21.8. The highest BCUT2D eigenvalue weighted by molar-refractivity contribution is 5.85. The average Bonchev–Trinajstić information content (AvgIpc) is 3.26. The highest BCUT2D eigenvalue weighted by Gasteiger charge is 2.40. The number of fused-ring (bicyclic) bond motifs is 3. The van der Waals surface area contributed by atoms with Gasteiger partial charge in [-0.25, -0.2) is 4.39 Å². The second-order valence-corrected chi connectivity index (χ2v) is 9.89. The Morgan fingerprint density at radius 1 is 1.27 bits per heavy atom. The number of rotatable bonds is 12. The molecule has 0 fully saturated rings. The monoisotopic (exact) mass is 513 g/mol. The van der Waals surface area contributed by atoms with Crippen molar-refractivity contribution in [2.24, 2.45) is 5.92 Å². The molecule has 2 aromatic carbocycles. The Bertz CT molecular complexity index is 1230. The van der Waals surface area contributed by atoms with Crippen molar-refractivity contribution in [2.75, 3.05) is 32.9 Å². The highest BCUT2D eigenvalue weighted by atomic mass is 19.1. The summed E-state index contributed by atoms with van der Waals surface area (Å²) < 4.78 is 34.1. The van der Waals surface area contributed by atoms with Gasteiger partial charge in [0, 0.05) is 41.3 Å². The van der Waals surface area contributed by atoms with Gasteiger partial charge in [-0.05, 0) is 62.1 Å². The van der Waals surface area contributed by atoms with Crippen LogP contribution in [0.1, 0.15) is 55.1 Å². The van der Waals surface area contributed by atoms with Crippen LogP contribution in [0, 0.1) is 18.7 Å². The third-order valence-corrected chi connectivity index (χ3v) is 7.45. The fourth-order valence-electron chi connectivity index (χ4n) is 5.46. The van der Waals surface area contributed by atoms with Crippen molar-refractivity contribution < 1.29 is 23.4 Å². The quantitative estimate of drug-likeness (QED) is 0.283. The molecule has 200 valence electrons. The number of aromatic amines is 1. The van der Waals surface area contributed by atoms with E-state index in [0.717, 1.165) is 35.0 Å². The smallest absolute Gasteiger partial charge is 0.307 e. The number of aliphatic carboxylic acids is 1. The SMILES string of the molecule is CC[C@@H]1Cc2c([nH]c3ccccc23)C(c2c(F)ccc(OCCNCCCF)c2C)N1CC(C)C(=O)O. The van der Waals surface area contributed by atoms with Gasteiger partial charge in [-0.1, -0.05) is 32.0 Å². The van der Waals surface area contributed by atoms with Crippen LogP contribution in [-0.2, 0) is 11.2 Å². The molecule has 6 nitrogen and oxygen atoms in total. The maximum absolute atomic E-state index is 15.7. The molecular weight excluding hydrogens is 476 g/mol. The number of carboxylic acid groups (broad SMARTS) is 1. The van der Waals surface area contributed by atoms with Crippen LogP contribution in [0.3, 0.4) is 0 Å². The lowest BCUT2D eigenvalue weighted by molar-refractivity contribution is -0.142.